The summed E-state index contributed by atoms with van der Waals surface area (Å²) in [6, 6.07) is 4.51. The number of carbonyl (C=O) groups excluding carboxylic acids is 1. The number of hydrogen-bond acceptors (Lipinski definition) is 3. The molecule has 0 aliphatic carbocycles. The molecule has 0 spiro atoms. The second-order valence-electron chi connectivity index (χ2n) is 5.50. The Hall–Kier alpha value is -1.97. The van der Waals surface area contributed by atoms with E-state index < -0.39 is 0 Å². The molecule has 0 fully saturated rings. The van der Waals surface area contributed by atoms with Gasteiger partial charge in [-0.2, -0.15) is 0 Å². The predicted octanol–water partition coefficient (Wildman–Crippen LogP) is 4.02. The molecule has 0 saturated heterocycles. The minimum absolute atomic E-state index is 0.140. The van der Waals surface area contributed by atoms with Crippen LogP contribution >= 0.6 is 0 Å². The number of aromatic hydroxyl groups is 2. The maximum Gasteiger partial charge on any atom is 0.243 e. The van der Waals surface area contributed by atoms with Gasteiger partial charge in [-0.05, 0) is 36.6 Å². The second kappa shape index (κ2) is 10.7. The lowest BCUT2D eigenvalue weighted by Gasteiger charge is -2.04. The third-order valence-corrected chi connectivity index (χ3v) is 3.50. The van der Waals surface area contributed by atoms with Crippen molar-refractivity contribution >= 4 is 5.91 Å². The molecule has 122 valence electrons. The smallest absolute Gasteiger partial charge is 0.243 e. The standard InChI is InChI=1S/C18H27NO3/c1-2-3-4-5-6-7-8-9-10-18(22)19-14-15-11-12-16(20)17(21)13-15/h9-13,20-21H,2-8,14H2,1H3,(H,19,22)/b10-9+. The zero-order valence-corrected chi connectivity index (χ0v) is 13.3. The molecule has 1 rings (SSSR count). The molecular weight excluding hydrogens is 278 g/mol. The van der Waals surface area contributed by atoms with Crippen LogP contribution in [0, 0.1) is 0 Å². The Bertz CT molecular complexity index is 483. The third-order valence-electron chi connectivity index (χ3n) is 3.50. The SMILES string of the molecule is CCCCCCCC/C=C/C(=O)NCc1ccc(O)c(O)c1. The maximum atomic E-state index is 11.6. The van der Waals surface area contributed by atoms with E-state index in [9.17, 15) is 15.0 Å². The normalized spacial score (nSPS) is 11.0. The van der Waals surface area contributed by atoms with E-state index in [-0.39, 0.29) is 17.4 Å². The first kappa shape index (κ1) is 18.1. The molecule has 0 unspecified atom stereocenters. The largest absolute Gasteiger partial charge is 0.504 e. The number of amides is 1. The van der Waals surface area contributed by atoms with Crippen LogP contribution in [0.1, 0.15) is 57.4 Å². The van der Waals surface area contributed by atoms with Gasteiger partial charge in [0.25, 0.3) is 0 Å². The zero-order valence-electron chi connectivity index (χ0n) is 13.3. The average Bonchev–Trinajstić information content (AvgIpc) is 2.51. The van der Waals surface area contributed by atoms with Gasteiger partial charge in [-0.1, -0.05) is 51.2 Å². The molecule has 0 aliphatic rings. The number of phenols is 2. The molecule has 1 aromatic rings. The molecule has 1 amide bonds. The fraction of sp³-hybridized carbons (Fsp3) is 0.500. The summed E-state index contributed by atoms with van der Waals surface area (Å²) in [5, 5.41) is 21.3. The van der Waals surface area contributed by atoms with E-state index >= 15 is 0 Å². The van der Waals surface area contributed by atoms with Crippen molar-refractivity contribution in [2.75, 3.05) is 0 Å². The van der Waals surface area contributed by atoms with E-state index in [0.717, 1.165) is 18.4 Å². The first-order valence-corrected chi connectivity index (χ1v) is 8.08. The number of nitrogens with one attached hydrogen (secondary N) is 1. The van der Waals surface area contributed by atoms with E-state index in [1.54, 1.807) is 12.1 Å². The molecule has 0 radical (unpaired) electrons. The van der Waals surface area contributed by atoms with Crippen molar-refractivity contribution < 1.29 is 15.0 Å². The van der Waals surface area contributed by atoms with Crippen molar-refractivity contribution in [3.05, 3.63) is 35.9 Å². The molecule has 22 heavy (non-hydrogen) atoms. The number of rotatable bonds is 10. The second-order valence-corrected chi connectivity index (χ2v) is 5.50. The molecule has 4 nitrogen and oxygen atoms in total. The molecule has 0 heterocycles. The summed E-state index contributed by atoms with van der Waals surface area (Å²) in [6.07, 6.45) is 11.9. The van der Waals surface area contributed by atoms with Gasteiger partial charge < -0.3 is 15.5 Å². The molecule has 3 N–H and O–H groups in total. The van der Waals surface area contributed by atoms with Crippen molar-refractivity contribution in [3.63, 3.8) is 0 Å². The van der Waals surface area contributed by atoms with Gasteiger partial charge in [0.1, 0.15) is 0 Å². The summed E-state index contributed by atoms with van der Waals surface area (Å²) in [7, 11) is 0. The molecular formula is C18H27NO3. The third kappa shape index (κ3) is 7.72. The van der Waals surface area contributed by atoms with E-state index in [1.807, 2.05) is 6.08 Å². The van der Waals surface area contributed by atoms with E-state index in [0.29, 0.717) is 6.54 Å². The molecule has 0 saturated carbocycles. The Labute approximate surface area is 132 Å². The number of phenolic OH excluding ortho intramolecular Hbond substituents is 2. The van der Waals surface area contributed by atoms with E-state index in [2.05, 4.69) is 12.2 Å². The van der Waals surface area contributed by atoms with Gasteiger partial charge >= 0.3 is 0 Å². The number of allylic oxidation sites excluding steroid dienone is 1. The lowest BCUT2D eigenvalue weighted by atomic mass is 10.1. The van der Waals surface area contributed by atoms with Crippen molar-refractivity contribution in [1.82, 2.24) is 5.32 Å². The van der Waals surface area contributed by atoms with Gasteiger partial charge in [0, 0.05) is 6.54 Å². The highest BCUT2D eigenvalue weighted by atomic mass is 16.3. The molecule has 0 atom stereocenters. The molecule has 0 aromatic heterocycles. The highest BCUT2D eigenvalue weighted by Gasteiger charge is 2.01. The zero-order chi connectivity index (χ0) is 16.2. The van der Waals surface area contributed by atoms with Gasteiger partial charge in [0.15, 0.2) is 11.5 Å². The van der Waals surface area contributed by atoms with Crippen LogP contribution < -0.4 is 5.32 Å². The van der Waals surface area contributed by atoms with Gasteiger partial charge in [-0.15, -0.1) is 0 Å². The lowest BCUT2D eigenvalue weighted by molar-refractivity contribution is -0.116. The van der Waals surface area contributed by atoms with Crippen LogP contribution in [0.3, 0.4) is 0 Å². The summed E-state index contributed by atoms with van der Waals surface area (Å²) in [5.41, 5.74) is 0.743. The van der Waals surface area contributed by atoms with Crippen LogP contribution in [0.4, 0.5) is 0 Å². The van der Waals surface area contributed by atoms with Crippen LogP contribution in [0.5, 0.6) is 11.5 Å². The fourth-order valence-electron chi connectivity index (χ4n) is 2.16. The number of hydrogen-bond donors (Lipinski definition) is 3. The first-order chi connectivity index (χ1) is 10.6. The number of unbranched alkanes of at least 4 members (excludes halogenated alkanes) is 6. The summed E-state index contributed by atoms with van der Waals surface area (Å²) < 4.78 is 0. The first-order valence-electron chi connectivity index (χ1n) is 8.08. The van der Waals surface area contributed by atoms with E-state index in [4.69, 9.17) is 0 Å². The van der Waals surface area contributed by atoms with E-state index in [1.165, 1.54) is 44.2 Å². The summed E-state index contributed by atoms with van der Waals surface area (Å²) >= 11 is 0. The summed E-state index contributed by atoms with van der Waals surface area (Å²) in [5.74, 6) is -0.474. The fourth-order valence-corrected chi connectivity index (χ4v) is 2.16. The lowest BCUT2D eigenvalue weighted by Crippen LogP contribution is -2.20. The topological polar surface area (TPSA) is 69.6 Å². The molecule has 1 aromatic carbocycles. The van der Waals surface area contributed by atoms with Gasteiger partial charge in [0.2, 0.25) is 5.91 Å². The minimum atomic E-state index is -0.176. The Morgan fingerprint density at radius 3 is 2.55 bits per heavy atom. The van der Waals surface area contributed by atoms with Crippen molar-refractivity contribution in [3.8, 4) is 11.5 Å². The van der Waals surface area contributed by atoms with Crippen LogP contribution in [0.2, 0.25) is 0 Å². The quantitative estimate of drug-likeness (QED) is 0.347. The Morgan fingerprint density at radius 2 is 1.82 bits per heavy atom. The highest BCUT2D eigenvalue weighted by molar-refractivity contribution is 5.87. The van der Waals surface area contributed by atoms with Crippen molar-refractivity contribution in [2.45, 2.75) is 58.4 Å². The highest BCUT2D eigenvalue weighted by Crippen LogP contribution is 2.24. The van der Waals surface area contributed by atoms with Crippen LogP contribution in [0.25, 0.3) is 0 Å². The summed E-state index contributed by atoms with van der Waals surface area (Å²) in [4.78, 5) is 11.6. The molecule has 0 bridgehead atoms. The molecule has 0 aliphatic heterocycles. The predicted molar refractivity (Wildman–Crippen MR) is 88.8 cm³/mol. The number of carbonyl (C=O) groups is 1. The summed E-state index contributed by atoms with van der Waals surface area (Å²) in [6.45, 7) is 2.54. The van der Waals surface area contributed by atoms with Crippen molar-refractivity contribution in [1.29, 1.82) is 0 Å². The monoisotopic (exact) mass is 305 g/mol. The van der Waals surface area contributed by atoms with Gasteiger partial charge in [-0.25, -0.2) is 0 Å². The number of benzene rings is 1. The minimum Gasteiger partial charge on any atom is -0.504 e. The van der Waals surface area contributed by atoms with Crippen LogP contribution in [-0.4, -0.2) is 16.1 Å². The van der Waals surface area contributed by atoms with Gasteiger partial charge in [-0.3, -0.25) is 4.79 Å². The molecule has 4 heteroatoms. The average molecular weight is 305 g/mol. The Kier molecular flexibility index (Phi) is 8.80. The van der Waals surface area contributed by atoms with Crippen LogP contribution in [-0.2, 0) is 11.3 Å². The maximum absolute atomic E-state index is 11.6. The van der Waals surface area contributed by atoms with Crippen molar-refractivity contribution in [2.24, 2.45) is 0 Å². The van der Waals surface area contributed by atoms with Crippen LogP contribution in [0.15, 0.2) is 30.4 Å². The Morgan fingerprint density at radius 1 is 1.09 bits per heavy atom. The Balaban J connectivity index is 2.14. The van der Waals surface area contributed by atoms with Gasteiger partial charge in [0.05, 0.1) is 0 Å².